The third-order valence-electron chi connectivity index (χ3n) is 2.26. The third-order valence-corrected chi connectivity index (χ3v) is 2.26. The standard InChI is InChI=1S/C9H14N2O/c1-3-9(12-8-1)4-7-11-6-2-5-10-11/h2,5-6,9H,1,3-4,7-8H2. The monoisotopic (exact) mass is 166 g/mol. The molecule has 1 aromatic heterocycles. The average Bonchev–Trinajstić information content (AvgIpc) is 2.74. The molecule has 1 aromatic rings. The van der Waals surface area contributed by atoms with Gasteiger partial charge in [-0.3, -0.25) is 4.68 Å². The van der Waals surface area contributed by atoms with Crippen molar-refractivity contribution in [2.75, 3.05) is 6.61 Å². The van der Waals surface area contributed by atoms with E-state index in [0.717, 1.165) is 19.6 Å². The molecule has 1 aliphatic heterocycles. The Hall–Kier alpha value is -0.830. The van der Waals surface area contributed by atoms with Crippen molar-refractivity contribution in [1.29, 1.82) is 0 Å². The fourth-order valence-electron chi connectivity index (χ4n) is 1.58. The van der Waals surface area contributed by atoms with Gasteiger partial charge in [-0.2, -0.15) is 5.10 Å². The second kappa shape index (κ2) is 3.72. The molecule has 1 fully saturated rings. The predicted octanol–water partition coefficient (Wildman–Crippen LogP) is 1.45. The van der Waals surface area contributed by atoms with Gasteiger partial charge in [0.25, 0.3) is 0 Å². The van der Waals surface area contributed by atoms with Gasteiger partial charge < -0.3 is 4.74 Å². The molecular formula is C9H14N2O. The van der Waals surface area contributed by atoms with Crippen LogP contribution < -0.4 is 0 Å². The van der Waals surface area contributed by atoms with Gasteiger partial charge in [0.2, 0.25) is 0 Å². The Kier molecular flexibility index (Phi) is 2.42. The second-order valence-electron chi connectivity index (χ2n) is 3.19. The largest absolute Gasteiger partial charge is 0.378 e. The fraction of sp³-hybridized carbons (Fsp3) is 0.667. The highest BCUT2D eigenvalue weighted by Crippen LogP contribution is 2.15. The molecule has 1 aliphatic rings. The summed E-state index contributed by atoms with van der Waals surface area (Å²) in [4.78, 5) is 0. The molecular weight excluding hydrogens is 152 g/mol. The number of nitrogens with zero attached hydrogens (tertiary/aromatic N) is 2. The number of aromatic nitrogens is 2. The highest BCUT2D eigenvalue weighted by atomic mass is 16.5. The Labute approximate surface area is 72.3 Å². The van der Waals surface area contributed by atoms with Crippen LogP contribution in [-0.2, 0) is 11.3 Å². The van der Waals surface area contributed by atoms with Gasteiger partial charge in [0.05, 0.1) is 6.10 Å². The van der Waals surface area contributed by atoms with E-state index in [-0.39, 0.29) is 0 Å². The maximum atomic E-state index is 5.51. The summed E-state index contributed by atoms with van der Waals surface area (Å²) in [7, 11) is 0. The molecule has 0 aromatic carbocycles. The van der Waals surface area contributed by atoms with Crippen LogP contribution in [0.3, 0.4) is 0 Å². The highest BCUT2D eigenvalue weighted by Gasteiger charge is 2.14. The molecule has 0 saturated carbocycles. The zero-order valence-electron chi connectivity index (χ0n) is 7.15. The number of aryl methyl sites for hydroxylation is 1. The van der Waals surface area contributed by atoms with Gasteiger partial charge in [-0.15, -0.1) is 0 Å². The van der Waals surface area contributed by atoms with Gasteiger partial charge in [-0.1, -0.05) is 0 Å². The van der Waals surface area contributed by atoms with E-state index in [1.54, 1.807) is 0 Å². The van der Waals surface area contributed by atoms with Crippen LogP contribution in [0, 0.1) is 0 Å². The zero-order chi connectivity index (χ0) is 8.23. The van der Waals surface area contributed by atoms with E-state index in [0.29, 0.717) is 6.10 Å². The van der Waals surface area contributed by atoms with Gasteiger partial charge in [0.15, 0.2) is 0 Å². The molecule has 66 valence electrons. The first kappa shape index (κ1) is 7.80. The second-order valence-corrected chi connectivity index (χ2v) is 3.19. The summed E-state index contributed by atoms with van der Waals surface area (Å²) in [5, 5.41) is 4.14. The van der Waals surface area contributed by atoms with Crippen LogP contribution in [0.4, 0.5) is 0 Å². The Morgan fingerprint density at radius 1 is 1.58 bits per heavy atom. The summed E-state index contributed by atoms with van der Waals surface area (Å²) in [5.41, 5.74) is 0. The molecule has 3 nitrogen and oxygen atoms in total. The molecule has 0 aliphatic carbocycles. The molecule has 1 saturated heterocycles. The number of rotatable bonds is 3. The molecule has 3 heteroatoms. The molecule has 2 heterocycles. The minimum atomic E-state index is 0.481. The van der Waals surface area contributed by atoms with E-state index in [9.17, 15) is 0 Å². The predicted molar refractivity (Wildman–Crippen MR) is 45.8 cm³/mol. The smallest absolute Gasteiger partial charge is 0.0593 e. The fourth-order valence-corrected chi connectivity index (χ4v) is 1.58. The molecule has 0 amide bonds. The van der Waals surface area contributed by atoms with Gasteiger partial charge in [-0.25, -0.2) is 0 Å². The van der Waals surface area contributed by atoms with E-state index < -0.39 is 0 Å². The van der Waals surface area contributed by atoms with Crippen LogP contribution >= 0.6 is 0 Å². The van der Waals surface area contributed by atoms with Crippen molar-refractivity contribution in [3.63, 3.8) is 0 Å². The van der Waals surface area contributed by atoms with Crippen molar-refractivity contribution in [2.24, 2.45) is 0 Å². The van der Waals surface area contributed by atoms with E-state index in [1.807, 2.05) is 23.1 Å². The number of hydrogen-bond donors (Lipinski definition) is 0. The maximum Gasteiger partial charge on any atom is 0.0593 e. The molecule has 0 bridgehead atoms. The first-order valence-electron chi connectivity index (χ1n) is 4.54. The van der Waals surface area contributed by atoms with Crippen LogP contribution in [0.2, 0.25) is 0 Å². The normalized spacial score (nSPS) is 23.2. The average molecular weight is 166 g/mol. The van der Waals surface area contributed by atoms with Crippen molar-refractivity contribution in [2.45, 2.75) is 31.9 Å². The van der Waals surface area contributed by atoms with Crippen molar-refractivity contribution >= 4 is 0 Å². The quantitative estimate of drug-likeness (QED) is 0.679. The Balaban J connectivity index is 1.74. The molecule has 2 rings (SSSR count). The Morgan fingerprint density at radius 3 is 3.25 bits per heavy atom. The maximum absolute atomic E-state index is 5.51. The number of ether oxygens (including phenoxy) is 1. The minimum Gasteiger partial charge on any atom is -0.378 e. The topological polar surface area (TPSA) is 27.1 Å². The van der Waals surface area contributed by atoms with Crippen LogP contribution in [0.5, 0.6) is 0 Å². The Bertz CT molecular complexity index is 214. The van der Waals surface area contributed by atoms with E-state index in [1.165, 1.54) is 12.8 Å². The van der Waals surface area contributed by atoms with Crippen molar-refractivity contribution in [3.8, 4) is 0 Å². The first-order valence-corrected chi connectivity index (χ1v) is 4.54. The summed E-state index contributed by atoms with van der Waals surface area (Å²) < 4.78 is 7.47. The summed E-state index contributed by atoms with van der Waals surface area (Å²) in [6.07, 6.45) is 7.84. The van der Waals surface area contributed by atoms with Gasteiger partial charge in [-0.05, 0) is 25.3 Å². The Morgan fingerprint density at radius 2 is 2.58 bits per heavy atom. The molecule has 0 spiro atoms. The van der Waals surface area contributed by atoms with Crippen LogP contribution in [-0.4, -0.2) is 22.5 Å². The lowest BCUT2D eigenvalue weighted by molar-refractivity contribution is 0.0994. The minimum absolute atomic E-state index is 0.481. The van der Waals surface area contributed by atoms with Crippen LogP contribution in [0.1, 0.15) is 19.3 Å². The van der Waals surface area contributed by atoms with Crippen LogP contribution in [0.15, 0.2) is 18.5 Å². The molecule has 12 heavy (non-hydrogen) atoms. The van der Waals surface area contributed by atoms with E-state index in [2.05, 4.69) is 5.10 Å². The number of hydrogen-bond acceptors (Lipinski definition) is 2. The molecule has 1 unspecified atom stereocenters. The van der Waals surface area contributed by atoms with Crippen molar-refractivity contribution in [3.05, 3.63) is 18.5 Å². The van der Waals surface area contributed by atoms with Gasteiger partial charge >= 0.3 is 0 Å². The molecule has 1 atom stereocenters. The molecule has 0 N–H and O–H groups in total. The zero-order valence-corrected chi connectivity index (χ0v) is 7.15. The highest BCUT2D eigenvalue weighted by molar-refractivity contribution is 4.78. The van der Waals surface area contributed by atoms with Gasteiger partial charge in [0.1, 0.15) is 0 Å². The SMILES string of the molecule is c1cnn(CCC2CCCO2)c1. The summed E-state index contributed by atoms with van der Waals surface area (Å²) >= 11 is 0. The third kappa shape index (κ3) is 1.85. The summed E-state index contributed by atoms with van der Waals surface area (Å²) in [6, 6.07) is 1.95. The van der Waals surface area contributed by atoms with Crippen LogP contribution in [0.25, 0.3) is 0 Å². The lowest BCUT2D eigenvalue weighted by Crippen LogP contribution is -2.10. The van der Waals surface area contributed by atoms with Gasteiger partial charge in [0, 0.05) is 25.5 Å². The summed E-state index contributed by atoms with van der Waals surface area (Å²) in [6.45, 7) is 1.93. The lowest BCUT2D eigenvalue weighted by Gasteiger charge is -2.08. The van der Waals surface area contributed by atoms with E-state index in [4.69, 9.17) is 4.74 Å². The van der Waals surface area contributed by atoms with E-state index >= 15 is 0 Å². The van der Waals surface area contributed by atoms with Crippen molar-refractivity contribution < 1.29 is 4.74 Å². The summed E-state index contributed by atoms with van der Waals surface area (Å²) in [5.74, 6) is 0. The lowest BCUT2D eigenvalue weighted by atomic mass is 10.2. The molecule has 0 radical (unpaired) electrons. The van der Waals surface area contributed by atoms with Crippen molar-refractivity contribution in [1.82, 2.24) is 9.78 Å². The first-order chi connectivity index (χ1) is 5.95.